The van der Waals surface area contributed by atoms with Gasteiger partial charge in [0.15, 0.2) is 5.78 Å². The Hall–Kier alpha value is -2.15. The van der Waals surface area contributed by atoms with E-state index in [0.29, 0.717) is 0 Å². The van der Waals surface area contributed by atoms with E-state index < -0.39 is 29.1 Å². The molecule has 7 heteroatoms. The SMILES string of the molecule is C=C(C(=O)ON(C)C)C(=O)c1ccc(C(F)(F)F)cc1. The molecule has 0 aliphatic heterocycles. The second-order valence-corrected chi connectivity index (χ2v) is 4.07. The highest BCUT2D eigenvalue weighted by Gasteiger charge is 2.30. The molecular weight excluding hydrogens is 275 g/mol. The first-order chi connectivity index (χ1) is 9.12. The average molecular weight is 287 g/mol. The van der Waals surface area contributed by atoms with Gasteiger partial charge in [-0.05, 0) is 12.1 Å². The van der Waals surface area contributed by atoms with E-state index in [1.54, 1.807) is 0 Å². The van der Waals surface area contributed by atoms with Crippen molar-refractivity contribution in [2.24, 2.45) is 0 Å². The molecule has 0 radical (unpaired) electrons. The molecule has 0 saturated heterocycles. The van der Waals surface area contributed by atoms with Crippen LogP contribution in [0.4, 0.5) is 13.2 Å². The fraction of sp³-hybridized carbons (Fsp3) is 0.231. The molecule has 0 unspecified atom stereocenters. The lowest BCUT2D eigenvalue weighted by atomic mass is 10.0. The lowest BCUT2D eigenvalue weighted by molar-refractivity contribution is -0.172. The zero-order valence-corrected chi connectivity index (χ0v) is 10.8. The van der Waals surface area contributed by atoms with Crippen molar-refractivity contribution in [1.29, 1.82) is 0 Å². The zero-order valence-electron chi connectivity index (χ0n) is 10.8. The zero-order chi connectivity index (χ0) is 15.5. The number of rotatable bonds is 4. The number of hydroxylamine groups is 2. The molecule has 1 aromatic carbocycles. The molecule has 1 aromatic rings. The van der Waals surface area contributed by atoms with Crippen molar-refractivity contribution in [1.82, 2.24) is 5.06 Å². The molecule has 20 heavy (non-hydrogen) atoms. The summed E-state index contributed by atoms with van der Waals surface area (Å²) in [4.78, 5) is 27.9. The summed E-state index contributed by atoms with van der Waals surface area (Å²) >= 11 is 0. The summed E-state index contributed by atoms with van der Waals surface area (Å²) in [6.45, 7) is 3.28. The van der Waals surface area contributed by atoms with Crippen LogP contribution in [0, 0.1) is 0 Å². The molecular formula is C13H12F3NO3. The number of benzene rings is 1. The molecule has 0 aliphatic rings. The molecule has 0 saturated carbocycles. The minimum absolute atomic E-state index is 0.0706. The Bertz CT molecular complexity index is 533. The number of carbonyl (C=O) groups excluding carboxylic acids is 2. The van der Waals surface area contributed by atoms with Crippen LogP contribution < -0.4 is 0 Å². The number of ketones is 1. The van der Waals surface area contributed by atoms with Gasteiger partial charge in [0.25, 0.3) is 0 Å². The third-order valence-corrected chi connectivity index (χ3v) is 2.26. The Kier molecular flexibility index (Phi) is 4.67. The van der Waals surface area contributed by atoms with Gasteiger partial charge in [0.1, 0.15) is 5.57 Å². The van der Waals surface area contributed by atoms with Gasteiger partial charge in [-0.1, -0.05) is 18.7 Å². The van der Waals surface area contributed by atoms with E-state index in [1.807, 2.05) is 0 Å². The molecule has 0 atom stereocenters. The standard InChI is InChI=1S/C13H12F3NO3/c1-8(12(19)20-17(2)3)11(18)9-4-6-10(7-5-9)13(14,15)16/h4-7H,1H2,2-3H3. The topological polar surface area (TPSA) is 46.6 Å². The van der Waals surface area contributed by atoms with E-state index in [-0.39, 0.29) is 5.56 Å². The Morgan fingerprint density at radius 2 is 1.65 bits per heavy atom. The molecule has 0 amide bonds. The van der Waals surface area contributed by atoms with Gasteiger partial charge in [-0.2, -0.15) is 13.2 Å². The molecule has 0 fully saturated rings. The van der Waals surface area contributed by atoms with E-state index in [9.17, 15) is 22.8 Å². The second-order valence-electron chi connectivity index (χ2n) is 4.07. The van der Waals surface area contributed by atoms with Crippen LogP contribution in [0.1, 0.15) is 15.9 Å². The highest BCUT2D eigenvalue weighted by atomic mass is 19.4. The molecule has 4 nitrogen and oxygen atoms in total. The predicted octanol–water partition coefficient (Wildman–Crippen LogP) is 2.46. The number of carbonyl (C=O) groups is 2. The summed E-state index contributed by atoms with van der Waals surface area (Å²) < 4.78 is 37.1. The van der Waals surface area contributed by atoms with Crippen molar-refractivity contribution in [3.8, 4) is 0 Å². The minimum atomic E-state index is -4.48. The van der Waals surface area contributed by atoms with E-state index in [4.69, 9.17) is 0 Å². The van der Waals surface area contributed by atoms with Gasteiger partial charge in [-0.15, -0.1) is 5.06 Å². The number of hydrogen-bond donors (Lipinski definition) is 0. The van der Waals surface area contributed by atoms with Crippen LogP contribution in [0.3, 0.4) is 0 Å². The van der Waals surface area contributed by atoms with E-state index in [2.05, 4.69) is 11.4 Å². The monoisotopic (exact) mass is 287 g/mol. The molecule has 0 aromatic heterocycles. The van der Waals surface area contributed by atoms with Crippen LogP contribution in [0.2, 0.25) is 0 Å². The van der Waals surface area contributed by atoms with E-state index in [1.165, 1.54) is 14.1 Å². The maximum atomic E-state index is 12.4. The van der Waals surface area contributed by atoms with Crippen molar-refractivity contribution in [3.63, 3.8) is 0 Å². The molecule has 0 spiro atoms. The fourth-order valence-corrected chi connectivity index (χ4v) is 1.30. The highest BCUT2D eigenvalue weighted by Crippen LogP contribution is 2.29. The van der Waals surface area contributed by atoms with Gasteiger partial charge in [0, 0.05) is 19.7 Å². The first kappa shape index (κ1) is 15.9. The number of alkyl halides is 3. The Morgan fingerprint density at radius 1 is 1.15 bits per heavy atom. The molecule has 0 N–H and O–H groups in total. The molecule has 0 heterocycles. The van der Waals surface area contributed by atoms with Crippen LogP contribution in [0.5, 0.6) is 0 Å². The molecule has 108 valence electrons. The third kappa shape index (κ3) is 3.92. The summed E-state index contributed by atoms with van der Waals surface area (Å²) in [5, 5.41) is 1.08. The van der Waals surface area contributed by atoms with Gasteiger partial charge in [0.2, 0.25) is 0 Å². The lowest BCUT2D eigenvalue weighted by Gasteiger charge is -2.11. The van der Waals surface area contributed by atoms with Crippen molar-refractivity contribution in [2.45, 2.75) is 6.18 Å². The smallest absolute Gasteiger partial charge is 0.364 e. The maximum absolute atomic E-state index is 12.4. The Balaban J connectivity index is 2.88. The summed E-state index contributed by atoms with van der Waals surface area (Å²) in [5.74, 6) is -1.74. The van der Waals surface area contributed by atoms with Crippen molar-refractivity contribution < 1.29 is 27.6 Å². The van der Waals surface area contributed by atoms with Crippen LogP contribution >= 0.6 is 0 Å². The summed E-state index contributed by atoms with van der Waals surface area (Å²) in [6, 6.07) is 3.49. The van der Waals surface area contributed by atoms with Gasteiger partial charge in [-0.3, -0.25) is 4.79 Å². The molecule has 1 rings (SSSR count). The Labute approximate surface area is 113 Å². The van der Waals surface area contributed by atoms with Crippen LogP contribution in [0.25, 0.3) is 0 Å². The summed E-state index contributed by atoms with van der Waals surface area (Å²) in [6.07, 6.45) is -4.48. The Morgan fingerprint density at radius 3 is 2.05 bits per heavy atom. The highest BCUT2D eigenvalue weighted by molar-refractivity contribution is 6.23. The summed E-state index contributed by atoms with van der Waals surface area (Å²) in [5.41, 5.74) is -1.41. The molecule has 0 aliphatic carbocycles. The van der Waals surface area contributed by atoms with E-state index in [0.717, 1.165) is 29.3 Å². The van der Waals surface area contributed by atoms with Gasteiger partial charge in [-0.25, -0.2) is 4.79 Å². The fourth-order valence-electron chi connectivity index (χ4n) is 1.30. The van der Waals surface area contributed by atoms with Gasteiger partial charge < -0.3 is 4.84 Å². The molecule has 0 bridgehead atoms. The van der Waals surface area contributed by atoms with Crippen LogP contribution in [-0.4, -0.2) is 30.9 Å². The quantitative estimate of drug-likeness (QED) is 0.280. The maximum Gasteiger partial charge on any atom is 0.416 e. The number of hydrogen-bond acceptors (Lipinski definition) is 4. The number of Topliss-reactive ketones (excluding diaryl/α,β-unsaturated/α-hetero) is 1. The third-order valence-electron chi connectivity index (χ3n) is 2.26. The van der Waals surface area contributed by atoms with Gasteiger partial charge in [0.05, 0.1) is 5.56 Å². The van der Waals surface area contributed by atoms with Crippen LogP contribution in [0.15, 0.2) is 36.4 Å². The number of halogens is 3. The van der Waals surface area contributed by atoms with Crippen molar-refractivity contribution >= 4 is 11.8 Å². The van der Waals surface area contributed by atoms with Crippen LogP contribution in [-0.2, 0) is 15.8 Å². The largest absolute Gasteiger partial charge is 0.416 e. The van der Waals surface area contributed by atoms with Gasteiger partial charge >= 0.3 is 12.1 Å². The second kappa shape index (κ2) is 5.87. The first-order valence-electron chi connectivity index (χ1n) is 5.43. The minimum Gasteiger partial charge on any atom is -0.364 e. The van der Waals surface area contributed by atoms with Crippen molar-refractivity contribution in [3.05, 3.63) is 47.5 Å². The van der Waals surface area contributed by atoms with E-state index >= 15 is 0 Å². The lowest BCUT2D eigenvalue weighted by Crippen LogP contribution is -2.23. The first-order valence-corrected chi connectivity index (χ1v) is 5.43. The predicted molar refractivity (Wildman–Crippen MR) is 64.7 cm³/mol. The van der Waals surface area contributed by atoms with Crippen molar-refractivity contribution in [2.75, 3.05) is 14.1 Å². The summed E-state index contributed by atoms with van der Waals surface area (Å²) in [7, 11) is 2.88. The number of nitrogens with zero attached hydrogens (tertiary/aromatic N) is 1. The average Bonchev–Trinajstić information content (AvgIpc) is 2.35. The normalized spacial score (nSPS) is 11.3.